The van der Waals surface area contributed by atoms with Gasteiger partial charge in [0.05, 0.1) is 0 Å². The van der Waals surface area contributed by atoms with Crippen molar-refractivity contribution in [1.29, 1.82) is 0 Å². The minimum Gasteiger partial charge on any atom is -0.461 e. The maximum Gasteiger partial charge on any atom is 0.140 e. The number of aryl methyl sites for hydroxylation is 1. The molecule has 1 aromatic heterocycles. The van der Waals surface area contributed by atoms with Crippen LogP contribution in [0.1, 0.15) is 5.76 Å². The molecule has 2 aromatic carbocycles. The van der Waals surface area contributed by atoms with Gasteiger partial charge in [-0.15, -0.1) is 0 Å². The highest BCUT2D eigenvalue weighted by Crippen LogP contribution is 2.26. The molecule has 102 valence electrons. The van der Waals surface area contributed by atoms with Crippen molar-refractivity contribution in [2.24, 2.45) is 0 Å². The van der Waals surface area contributed by atoms with Crippen LogP contribution in [-0.4, -0.2) is 7.85 Å². The lowest BCUT2D eigenvalue weighted by atomic mass is 9.86. The lowest BCUT2D eigenvalue weighted by Gasteiger charge is -2.08. The first kappa shape index (κ1) is 13.5. The maximum absolute atomic E-state index is 5.98. The van der Waals surface area contributed by atoms with Crippen LogP contribution < -0.4 is 5.46 Å². The van der Waals surface area contributed by atoms with Gasteiger partial charge in [-0.2, -0.15) is 0 Å². The molecule has 21 heavy (non-hydrogen) atoms. The van der Waals surface area contributed by atoms with Crippen LogP contribution in [0.2, 0.25) is 0 Å². The molecule has 2 heteroatoms. The quantitative estimate of drug-likeness (QED) is 0.614. The highest BCUT2D eigenvalue weighted by molar-refractivity contribution is 6.36. The van der Waals surface area contributed by atoms with Crippen molar-refractivity contribution in [2.75, 3.05) is 0 Å². The standard InChI is InChI=1S/C19H17BO/c1-14-8-3-2-4-10-17-15(11-7-13-19(17)21-14)16-9-5-6-12-18(16)20/h2-13H,20H2,1H3. The van der Waals surface area contributed by atoms with Gasteiger partial charge in [-0.3, -0.25) is 0 Å². The first-order valence-corrected chi connectivity index (χ1v) is 7.14. The molecule has 0 bridgehead atoms. The van der Waals surface area contributed by atoms with Crippen LogP contribution in [0.25, 0.3) is 22.1 Å². The summed E-state index contributed by atoms with van der Waals surface area (Å²) in [6.07, 6.45) is 0. The van der Waals surface area contributed by atoms with E-state index in [-0.39, 0.29) is 0 Å². The summed E-state index contributed by atoms with van der Waals surface area (Å²) in [5, 5.41) is 1.12. The van der Waals surface area contributed by atoms with Gasteiger partial charge in [0.2, 0.25) is 0 Å². The van der Waals surface area contributed by atoms with Crippen LogP contribution in [0, 0.1) is 6.92 Å². The van der Waals surface area contributed by atoms with Crippen molar-refractivity contribution >= 4 is 24.3 Å². The van der Waals surface area contributed by atoms with Gasteiger partial charge in [-0.25, -0.2) is 0 Å². The second kappa shape index (κ2) is 5.88. The fourth-order valence-electron chi connectivity index (χ4n) is 2.53. The zero-order chi connectivity index (χ0) is 14.7. The third-order valence-corrected chi connectivity index (χ3v) is 3.59. The van der Waals surface area contributed by atoms with Crippen molar-refractivity contribution in [1.82, 2.24) is 0 Å². The summed E-state index contributed by atoms with van der Waals surface area (Å²) in [6, 6.07) is 24.8. The minimum atomic E-state index is 0.887. The normalized spacial score (nSPS) is 10.3. The Morgan fingerprint density at radius 2 is 1.43 bits per heavy atom. The summed E-state index contributed by atoms with van der Waals surface area (Å²) in [6.45, 7) is 1.97. The van der Waals surface area contributed by atoms with Crippen molar-refractivity contribution in [3.8, 4) is 11.1 Å². The summed E-state index contributed by atoms with van der Waals surface area (Å²) in [4.78, 5) is 0. The summed E-state index contributed by atoms with van der Waals surface area (Å²) < 4.78 is 5.98. The number of hydrogen-bond acceptors (Lipinski definition) is 1. The monoisotopic (exact) mass is 272 g/mol. The summed E-state index contributed by atoms with van der Waals surface area (Å²) in [5.74, 6) is 0.887. The van der Waals surface area contributed by atoms with Crippen LogP contribution in [-0.2, 0) is 0 Å². The first-order chi connectivity index (χ1) is 10.3. The van der Waals surface area contributed by atoms with E-state index in [2.05, 4.69) is 50.3 Å². The fraction of sp³-hybridized carbons (Fsp3) is 0.0526. The number of hydrogen-bond donors (Lipinski definition) is 0. The van der Waals surface area contributed by atoms with Gasteiger partial charge in [0.1, 0.15) is 19.2 Å². The van der Waals surface area contributed by atoms with Crippen LogP contribution in [0.4, 0.5) is 0 Å². The number of benzene rings is 2. The van der Waals surface area contributed by atoms with Crippen molar-refractivity contribution in [2.45, 2.75) is 6.92 Å². The molecule has 0 spiro atoms. The highest BCUT2D eigenvalue weighted by atomic mass is 16.3. The van der Waals surface area contributed by atoms with Gasteiger partial charge in [-0.1, -0.05) is 66.1 Å². The first-order valence-electron chi connectivity index (χ1n) is 7.14. The predicted octanol–water partition coefficient (Wildman–Crippen LogP) is 3.79. The van der Waals surface area contributed by atoms with Gasteiger partial charge in [0.15, 0.2) is 0 Å². The second-order valence-corrected chi connectivity index (χ2v) is 5.16. The maximum atomic E-state index is 5.98. The van der Waals surface area contributed by atoms with Gasteiger partial charge in [-0.05, 0) is 30.2 Å². The molecule has 0 saturated carbocycles. The van der Waals surface area contributed by atoms with E-state index in [4.69, 9.17) is 4.42 Å². The average molecular weight is 272 g/mol. The third-order valence-electron chi connectivity index (χ3n) is 3.59. The van der Waals surface area contributed by atoms with Crippen molar-refractivity contribution < 1.29 is 4.42 Å². The van der Waals surface area contributed by atoms with E-state index in [1.807, 2.05) is 37.3 Å². The Labute approximate surface area is 126 Å². The van der Waals surface area contributed by atoms with Crippen LogP contribution in [0.5, 0.6) is 0 Å². The zero-order valence-corrected chi connectivity index (χ0v) is 12.3. The van der Waals surface area contributed by atoms with Crippen LogP contribution in [0.15, 0.2) is 77.2 Å². The van der Waals surface area contributed by atoms with Crippen molar-refractivity contribution in [3.05, 3.63) is 78.6 Å². The Kier molecular flexibility index (Phi) is 3.78. The summed E-state index contributed by atoms with van der Waals surface area (Å²) in [5.41, 5.74) is 4.60. The Morgan fingerprint density at radius 1 is 0.714 bits per heavy atom. The third kappa shape index (κ3) is 2.85. The van der Waals surface area contributed by atoms with Gasteiger partial charge in [0, 0.05) is 5.39 Å². The van der Waals surface area contributed by atoms with Crippen LogP contribution in [0.3, 0.4) is 0 Å². The van der Waals surface area contributed by atoms with E-state index < -0.39 is 0 Å². The minimum absolute atomic E-state index is 0.887. The summed E-state index contributed by atoms with van der Waals surface area (Å²) in [7, 11) is 2.14. The van der Waals surface area contributed by atoms with E-state index in [0.29, 0.717) is 0 Å². The molecule has 3 aromatic rings. The molecule has 0 radical (unpaired) electrons. The molecule has 1 heterocycles. The van der Waals surface area contributed by atoms with E-state index in [9.17, 15) is 0 Å². The Hall–Kier alpha value is -2.48. The SMILES string of the molecule is Bc1ccccc1-c1cccc2oc(C)cccccc12. The zero-order valence-electron chi connectivity index (χ0n) is 12.3. The molecule has 0 atom stereocenters. The van der Waals surface area contributed by atoms with E-state index in [1.54, 1.807) is 0 Å². The molecule has 0 aliphatic rings. The molecule has 0 N–H and O–H groups in total. The Morgan fingerprint density at radius 3 is 2.29 bits per heavy atom. The topological polar surface area (TPSA) is 13.1 Å². The molecule has 0 saturated heterocycles. The molecule has 3 rings (SSSR count). The number of fused-ring (bicyclic) bond motifs is 1. The molecule has 0 amide bonds. The average Bonchev–Trinajstić information content (AvgIpc) is 2.57. The van der Waals surface area contributed by atoms with E-state index in [1.165, 1.54) is 16.6 Å². The van der Waals surface area contributed by atoms with E-state index >= 15 is 0 Å². The second-order valence-electron chi connectivity index (χ2n) is 5.16. The largest absolute Gasteiger partial charge is 0.461 e. The molecule has 0 aliphatic heterocycles. The van der Waals surface area contributed by atoms with Crippen molar-refractivity contribution in [3.63, 3.8) is 0 Å². The highest BCUT2D eigenvalue weighted by Gasteiger charge is 2.05. The van der Waals surface area contributed by atoms with E-state index in [0.717, 1.165) is 16.7 Å². The van der Waals surface area contributed by atoms with Gasteiger partial charge in [0.25, 0.3) is 0 Å². The Balaban J connectivity index is 2.41. The lowest BCUT2D eigenvalue weighted by molar-refractivity contribution is 0.569. The molecule has 0 aliphatic carbocycles. The fourth-order valence-corrected chi connectivity index (χ4v) is 2.53. The Bertz CT molecular complexity index is 832. The van der Waals surface area contributed by atoms with Gasteiger partial charge < -0.3 is 4.42 Å². The van der Waals surface area contributed by atoms with Gasteiger partial charge >= 0.3 is 0 Å². The molecular weight excluding hydrogens is 255 g/mol. The number of rotatable bonds is 1. The predicted molar refractivity (Wildman–Crippen MR) is 92.2 cm³/mol. The molecular formula is C19H17BO. The smallest absolute Gasteiger partial charge is 0.140 e. The van der Waals surface area contributed by atoms with Crippen LogP contribution >= 0.6 is 0 Å². The molecule has 0 unspecified atom stereocenters. The summed E-state index contributed by atoms with van der Waals surface area (Å²) >= 11 is 0. The molecule has 0 fully saturated rings. The lowest BCUT2D eigenvalue weighted by Crippen LogP contribution is -2.05. The molecule has 1 nitrogen and oxygen atoms in total.